The summed E-state index contributed by atoms with van der Waals surface area (Å²) in [6.07, 6.45) is 5.71. The number of aromatic nitrogens is 1. The lowest BCUT2D eigenvalue weighted by atomic mass is 9.95. The Bertz CT molecular complexity index is 1070. The van der Waals surface area contributed by atoms with Gasteiger partial charge in [0.25, 0.3) is 10.0 Å². The van der Waals surface area contributed by atoms with Crippen molar-refractivity contribution in [1.82, 2.24) is 4.57 Å². The van der Waals surface area contributed by atoms with E-state index in [1.807, 2.05) is 17.5 Å². The number of thiophene rings is 1. The highest BCUT2D eigenvalue weighted by molar-refractivity contribution is 9.10. The molecule has 142 valence electrons. The van der Waals surface area contributed by atoms with Gasteiger partial charge < -0.3 is 4.57 Å². The maximum absolute atomic E-state index is 12.7. The summed E-state index contributed by atoms with van der Waals surface area (Å²) >= 11 is 6.09. The molecule has 0 radical (unpaired) electrons. The van der Waals surface area contributed by atoms with Gasteiger partial charge in [-0.3, -0.25) is 0 Å². The Hall–Kier alpha value is -1.22. The number of benzene rings is 1. The summed E-state index contributed by atoms with van der Waals surface area (Å²) in [6.45, 7) is 0. The molecule has 0 amide bonds. The molecule has 4 nitrogen and oxygen atoms in total. The Kier molecular flexibility index (Phi) is 5.68. The molecular weight excluding hydrogens is 464 g/mol. The summed E-state index contributed by atoms with van der Waals surface area (Å²) in [5.41, 5.74) is 2.12. The monoisotopic (exact) mass is 482 g/mol. The van der Waals surface area contributed by atoms with Crippen LogP contribution in [0.5, 0.6) is 0 Å². The van der Waals surface area contributed by atoms with Crippen molar-refractivity contribution in [3.05, 3.63) is 56.4 Å². The Morgan fingerprint density at radius 2 is 1.78 bits per heavy atom. The lowest BCUT2D eigenvalue weighted by Crippen LogP contribution is -2.24. The molecule has 1 fully saturated rings. The van der Waals surface area contributed by atoms with Crippen LogP contribution in [-0.4, -0.2) is 13.0 Å². The van der Waals surface area contributed by atoms with Crippen LogP contribution in [0.15, 0.2) is 60.2 Å². The third-order valence-electron chi connectivity index (χ3n) is 4.77. The smallest absolute Gasteiger partial charge is 0.294 e. The van der Waals surface area contributed by atoms with Gasteiger partial charge in [0, 0.05) is 15.9 Å². The van der Waals surface area contributed by atoms with Crippen LogP contribution < -0.4 is 4.80 Å². The number of halogens is 1. The lowest BCUT2D eigenvalue weighted by molar-refractivity contribution is 0.351. The van der Waals surface area contributed by atoms with Gasteiger partial charge in [-0.2, -0.15) is 8.42 Å². The first kappa shape index (κ1) is 19.1. The fraction of sp³-hybridized carbons (Fsp3) is 0.316. The molecule has 0 spiro atoms. The molecule has 1 aromatic carbocycles. The predicted octanol–water partition coefficient (Wildman–Crippen LogP) is 5.84. The van der Waals surface area contributed by atoms with E-state index in [2.05, 4.69) is 37.0 Å². The highest BCUT2D eigenvalue weighted by Gasteiger charge is 2.22. The quantitative estimate of drug-likeness (QED) is 0.469. The molecule has 0 N–H and O–H groups in total. The molecule has 0 atom stereocenters. The molecule has 0 saturated heterocycles. The first-order chi connectivity index (χ1) is 13.0. The van der Waals surface area contributed by atoms with E-state index >= 15 is 0 Å². The first-order valence-electron chi connectivity index (χ1n) is 8.85. The second-order valence-electron chi connectivity index (χ2n) is 6.57. The Morgan fingerprint density at radius 3 is 2.44 bits per heavy atom. The predicted molar refractivity (Wildman–Crippen MR) is 115 cm³/mol. The van der Waals surface area contributed by atoms with Crippen LogP contribution in [0.3, 0.4) is 0 Å². The molecule has 0 unspecified atom stereocenters. The molecule has 27 heavy (non-hydrogen) atoms. The number of nitrogens with zero attached hydrogens (tertiary/aromatic N) is 2. The highest BCUT2D eigenvalue weighted by atomic mass is 79.9. The van der Waals surface area contributed by atoms with Gasteiger partial charge in [0.1, 0.15) is 4.21 Å². The molecule has 0 aliphatic heterocycles. The van der Waals surface area contributed by atoms with Gasteiger partial charge in [-0.25, -0.2) is 0 Å². The van der Waals surface area contributed by atoms with Crippen molar-refractivity contribution >= 4 is 48.6 Å². The molecule has 1 aliphatic carbocycles. The second-order valence-corrected chi connectivity index (χ2v) is 11.1. The fourth-order valence-corrected chi connectivity index (χ4v) is 6.87. The van der Waals surface area contributed by atoms with Crippen molar-refractivity contribution in [3.63, 3.8) is 0 Å². The molecular formula is C19H19BrN2O2S3. The summed E-state index contributed by atoms with van der Waals surface area (Å²) in [5, 5.41) is 3.79. The van der Waals surface area contributed by atoms with Crippen LogP contribution in [0.2, 0.25) is 0 Å². The van der Waals surface area contributed by atoms with E-state index in [-0.39, 0.29) is 4.21 Å². The van der Waals surface area contributed by atoms with Gasteiger partial charge in [0.2, 0.25) is 4.80 Å². The van der Waals surface area contributed by atoms with E-state index in [4.69, 9.17) is 0 Å². The molecule has 1 aliphatic rings. The van der Waals surface area contributed by atoms with E-state index in [1.54, 1.807) is 17.5 Å². The van der Waals surface area contributed by atoms with E-state index in [0.29, 0.717) is 10.8 Å². The molecule has 1 saturated carbocycles. The topological polar surface area (TPSA) is 51.4 Å². The largest absolute Gasteiger partial charge is 0.313 e. The molecule has 3 aromatic rings. The zero-order valence-electron chi connectivity index (χ0n) is 14.5. The summed E-state index contributed by atoms with van der Waals surface area (Å²) < 4.78 is 33.1. The maximum Gasteiger partial charge on any atom is 0.294 e. The van der Waals surface area contributed by atoms with E-state index < -0.39 is 10.0 Å². The minimum absolute atomic E-state index is 0.288. The van der Waals surface area contributed by atoms with Crippen LogP contribution in [0.25, 0.3) is 11.3 Å². The summed E-state index contributed by atoms with van der Waals surface area (Å²) in [6, 6.07) is 11.8. The molecule has 2 aromatic heterocycles. The standard InChI is InChI=1S/C19H19BrN2O2S3/c20-15-10-8-14(9-11-15)17-13-26-19(22(17)16-5-2-1-3-6-16)21-27(23,24)18-7-4-12-25-18/h4,7-13,16H,1-3,5-6H2/b21-19+. The van der Waals surface area contributed by atoms with Crippen molar-refractivity contribution in [2.75, 3.05) is 0 Å². The van der Waals surface area contributed by atoms with Crippen molar-refractivity contribution in [2.24, 2.45) is 4.40 Å². The van der Waals surface area contributed by atoms with Crippen molar-refractivity contribution in [2.45, 2.75) is 42.4 Å². The number of hydrogen-bond donors (Lipinski definition) is 0. The van der Waals surface area contributed by atoms with Gasteiger partial charge in [-0.1, -0.05) is 53.4 Å². The van der Waals surface area contributed by atoms with E-state index in [0.717, 1.165) is 28.6 Å². The van der Waals surface area contributed by atoms with Gasteiger partial charge >= 0.3 is 0 Å². The van der Waals surface area contributed by atoms with E-state index in [9.17, 15) is 8.42 Å². The summed E-state index contributed by atoms with van der Waals surface area (Å²) in [4.78, 5) is 0.563. The van der Waals surface area contributed by atoms with Crippen molar-refractivity contribution < 1.29 is 8.42 Å². The Balaban J connectivity index is 1.87. The van der Waals surface area contributed by atoms with Gasteiger partial charge in [-0.05, 0) is 42.0 Å². The molecule has 2 heterocycles. The van der Waals surface area contributed by atoms with Crippen LogP contribution in [0.1, 0.15) is 38.1 Å². The minimum atomic E-state index is -3.68. The first-order valence-corrected chi connectivity index (χ1v) is 12.8. The van der Waals surface area contributed by atoms with Crippen LogP contribution in [0.4, 0.5) is 0 Å². The third-order valence-corrected chi connectivity index (χ3v) is 8.89. The Morgan fingerprint density at radius 1 is 1.04 bits per heavy atom. The number of rotatable bonds is 4. The molecule has 8 heteroatoms. The van der Waals surface area contributed by atoms with Crippen LogP contribution >= 0.6 is 38.6 Å². The van der Waals surface area contributed by atoms with Gasteiger partial charge in [0.05, 0.1) is 5.69 Å². The summed E-state index contributed by atoms with van der Waals surface area (Å²) in [7, 11) is -3.68. The third kappa shape index (κ3) is 4.13. The zero-order chi connectivity index (χ0) is 18.9. The van der Waals surface area contributed by atoms with Crippen molar-refractivity contribution in [3.8, 4) is 11.3 Å². The Labute approximate surface area is 175 Å². The number of sulfonamides is 1. The number of hydrogen-bond acceptors (Lipinski definition) is 4. The fourth-order valence-electron chi connectivity index (χ4n) is 3.47. The van der Waals surface area contributed by atoms with Crippen molar-refractivity contribution in [1.29, 1.82) is 0 Å². The normalized spacial score (nSPS) is 16.7. The zero-order valence-corrected chi connectivity index (χ0v) is 18.6. The SMILES string of the molecule is O=S(=O)(/N=c1/scc(-c2ccc(Br)cc2)n1C1CCCCC1)c1cccs1. The van der Waals surface area contributed by atoms with Gasteiger partial charge in [0.15, 0.2) is 0 Å². The molecule has 4 rings (SSSR count). The van der Waals surface area contributed by atoms with Crippen LogP contribution in [0, 0.1) is 0 Å². The number of thiazole rings is 1. The minimum Gasteiger partial charge on any atom is -0.313 e. The maximum atomic E-state index is 12.7. The van der Waals surface area contributed by atoms with E-state index in [1.165, 1.54) is 41.9 Å². The van der Waals surface area contributed by atoms with Crippen LogP contribution in [-0.2, 0) is 10.0 Å². The average Bonchev–Trinajstić information content (AvgIpc) is 3.33. The lowest BCUT2D eigenvalue weighted by Gasteiger charge is -2.25. The van der Waals surface area contributed by atoms with Gasteiger partial charge in [-0.15, -0.1) is 27.1 Å². The highest BCUT2D eigenvalue weighted by Crippen LogP contribution is 2.33. The molecule has 0 bridgehead atoms. The second kappa shape index (κ2) is 8.03. The average molecular weight is 483 g/mol. The summed E-state index contributed by atoms with van der Waals surface area (Å²) in [5.74, 6) is 0.